The Morgan fingerprint density at radius 2 is 2.07 bits per heavy atom. The summed E-state index contributed by atoms with van der Waals surface area (Å²) < 4.78 is 15.9. The summed E-state index contributed by atoms with van der Waals surface area (Å²) in [7, 11) is 1.47. The molecule has 1 amide bonds. The monoisotopic (exact) mass is 410 g/mol. The van der Waals surface area contributed by atoms with Crippen molar-refractivity contribution < 1.29 is 23.5 Å². The van der Waals surface area contributed by atoms with E-state index in [-0.39, 0.29) is 11.6 Å². The number of rotatable bonds is 6. The van der Waals surface area contributed by atoms with Crippen molar-refractivity contribution in [1.29, 1.82) is 0 Å². The van der Waals surface area contributed by atoms with Gasteiger partial charge in [-0.2, -0.15) is 5.10 Å². The lowest BCUT2D eigenvalue weighted by molar-refractivity contribution is -0.136. The molecule has 2 aromatic heterocycles. The molecule has 0 spiro atoms. The number of hydrogen-bond acceptors (Lipinski definition) is 7. The quantitative estimate of drug-likeness (QED) is 0.576. The molecular formula is C21H18N2O5S. The molecule has 29 heavy (non-hydrogen) atoms. The molecule has 1 aliphatic rings. The average Bonchev–Trinajstić information content (AvgIpc) is 3.51. The predicted octanol–water partition coefficient (Wildman–Crippen LogP) is 3.88. The van der Waals surface area contributed by atoms with Gasteiger partial charge in [-0.05, 0) is 35.7 Å². The number of benzene rings is 1. The molecule has 4 rings (SSSR count). The summed E-state index contributed by atoms with van der Waals surface area (Å²) in [6.07, 6.45) is 2.09. The van der Waals surface area contributed by atoms with E-state index in [0.29, 0.717) is 17.9 Å². The fraction of sp³-hybridized carbons (Fsp3) is 0.190. The first kappa shape index (κ1) is 18.9. The number of thiophene rings is 1. The number of amides is 1. The van der Waals surface area contributed by atoms with Crippen molar-refractivity contribution in [3.05, 3.63) is 76.4 Å². The van der Waals surface area contributed by atoms with E-state index in [2.05, 4.69) is 5.10 Å². The van der Waals surface area contributed by atoms with Gasteiger partial charge in [-0.25, -0.2) is 9.80 Å². The minimum Gasteiger partial charge on any atom is -0.496 e. The number of carbonyl (C=O) groups excluding carboxylic acids is 2. The van der Waals surface area contributed by atoms with Gasteiger partial charge in [0.05, 0.1) is 24.0 Å². The average molecular weight is 410 g/mol. The van der Waals surface area contributed by atoms with E-state index in [1.165, 1.54) is 12.1 Å². The number of hydrazone groups is 1. The van der Waals surface area contributed by atoms with E-state index >= 15 is 0 Å². The van der Waals surface area contributed by atoms with Gasteiger partial charge < -0.3 is 13.9 Å². The first-order valence-electron chi connectivity index (χ1n) is 8.94. The Morgan fingerprint density at radius 3 is 2.79 bits per heavy atom. The highest BCUT2D eigenvalue weighted by atomic mass is 32.1. The molecule has 0 fully saturated rings. The van der Waals surface area contributed by atoms with Crippen LogP contribution in [0.3, 0.4) is 0 Å². The molecule has 0 radical (unpaired) electrons. The molecule has 1 atom stereocenters. The van der Waals surface area contributed by atoms with Crippen LogP contribution in [0.5, 0.6) is 5.75 Å². The Bertz CT molecular complexity index is 1030. The Balaban J connectivity index is 1.50. The van der Waals surface area contributed by atoms with E-state index in [1.54, 1.807) is 54.0 Å². The smallest absolute Gasteiger partial charge is 0.342 e. The predicted molar refractivity (Wildman–Crippen MR) is 107 cm³/mol. The van der Waals surface area contributed by atoms with Crippen LogP contribution in [0.4, 0.5) is 0 Å². The van der Waals surface area contributed by atoms with E-state index in [9.17, 15) is 9.59 Å². The van der Waals surface area contributed by atoms with E-state index < -0.39 is 18.5 Å². The molecule has 1 aromatic carbocycles. The van der Waals surface area contributed by atoms with Gasteiger partial charge >= 0.3 is 5.97 Å². The van der Waals surface area contributed by atoms with Crippen molar-refractivity contribution >= 4 is 28.9 Å². The second-order valence-electron chi connectivity index (χ2n) is 6.27. The Hall–Kier alpha value is -3.39. The lowest BCUT2D eigenvalue weighted by atomic mass is 10.1. The normalized spacial score (nSPS) is 15.8. The van der Waals surface area contributed by atoms with Crippen LogP contribution in [-0.4, -0.2) is 36.3 Å². The standard InChI is InChI=1S/C21H18N2O5S/c1-26-17-7-3-2-6-14(17)21(25)28-13-20(24)23-16(18-8-4-10-27-18)12-15(22-23)19-9-5-11-29-19/h2-11,16H,12-13H2,1H3. The number of hydrogen-bond donors (Lipinski definition) is 0. The SMILES string of the molecule is COc1ccccc1C(=O)OCC(=O)N1N=C(c2cccs2)CC1c1ccco1. The first-order chi connectivity index (χ1) is 14.2. The van der Waals surface area contributed by atoms with Crippen molar-refractivity contribution in [2.24, 2.45) is 5.10 Å². The van der Waals surface area contributed by atoms with Gasteiger partial charge in [0.1, 0.15) is 23.1 Å². The summed E-state index contributed by atoms with van der Waals surface area (Å²) in [6, 6.07) is 13.8. The highest BCUT2D eigenvalue weighted by molar-refractivity contribution is 7.12. The van der Waals surface area contributed by atoms with Crippen LogP contribution in [-0.2, 0) is 9.53 Å². The maximum absolute atomic E-state index is 12.8. The largest absolute Gasteiger partial charge is 0.496 e. The summed E-state index contributed by atoms with van der Waals surface area (Å²) in [5.41, 5.74) is 1.06. The second kappa shape index (κ2) is 8.32. The Labute approximate surface area is 171 Å². The minimum absolute atomic E-state index is 0.259. The van der Waals surface area contributed by atoms with E-state index in [0.717, 1.165) is 10.6 Å². The lowest BCUT2D eigenvalue weighted by Crippen LogP contribution is -2.31. The summed E-state index contributed by atoms with van der Waals surface area (Å²) in [6.45, 7) is -0.435. The van der Waals surface area contributed by atoms with Crippen LogP contribution < -0.4 is 4.74 Å². The second-order valence-corrected chi connectivity index (χ2v) is 7.22. The third kappa shape index (κ3) is 3.93. The van der Waals surface area contributed by atoms with Crippen molar-refractivity contribution in [1.82, 2.24) is 5.01 Å². The van der Waals surface area contributed by atoms with Gasteiger partial charge in [0.2, 0.25) is 0 Å². The number of ether oxygens (including phenoxy) is 2. The van der Waals surface area contributed by atoms with Crippen LogP contribution in [0.2, 0.25) is 0 Å². The zero-order chi connectivity index (χ0) is 20.2. The molecule has 0 aliphatic carbocycles. The first-order valence-corrected chi connectivity index (χ1v) is 9.82. The fourth-order valence-electron chi connectivity index (χ4n) is 3.12. The lowest BCUT2D eigenvalue weighted by Gasteiger charge is -2.19. The summed E-state index contributed by atoms with van der Waals surface area (Å²) >= 11 is 1.55. The van der Waals surface area contributed by atoms with Crippen molar-refractivity contribution in [3.63, 3.8) is 0 Å². The molecule has 8 heteroatoms. The third-order valence-electron chi connectivity index (χ3n) is 4.50. The molecule has 3 heterocycles. The molecule has 1 aliphatic heterocycles. The zero-order valence-corrected chi connectivity index (χ0v) is 16.4. The van der Waals surface area contributed by atoms with Crippen LogP contribution in [0.25, 0.3) is 0 Å². The number of carbonyl (C=O) groups is 2. The summed E-state index contributed by atoms with van der Waals surface area (Å²) in [4.78, 5) is 26.2. The van der Waals surface area contributed by atoms with Gasteiger partial charge in [0.25, 0.3) is 5.91 Å². The third-order valence-corrected chi connectivity index (χ3v) is 5.42. The molecule has 7 nitrogen and oxygen atoms in total. The Morgan fingerprint density at radius 1 is 1.21 bits per heavy atom. The number of nitrogens with zero attached hydrogens (tertiary/aromatic N) is 2. The maximum Gasteiger partial charge on any atom is 0.342 e. The van der Waals surface area contributed by atoms with Crippen molar-refractivity contribution in [2.75, 3.05) is 13.7 Å². The molecule has 0 saturated heterocycles. The number of esters is 1. The van der Waals surface area contributed by atoms with Gasteiger partial charge in [-0.1, -0.05) is 18.2 Å². The number of furan rings is 1. The highest BCUT2D eigenvalue weighted by Crippen LogP contribution is 2.34. The molecule has 0 saturated carbocycles. The molecule has 3 aromatic rings. The summed E-state index contributed by atoms with van der Waals surface area (Å²) in [5.74, 6) is -0.0458. The minimum atomic E-state index is -0.632. The van der Waals surface area contributed by atoms with Gasteiger partial charge in [-0.3, -0.25) is 4.79 Å². The molecule has 0 N–H and O–H groups in total. The van der Waals surface area contributed by atoms with Gasteiger partial charge in [-0.15, -0.1) is 11.3 Å². The van der Waals surface area contributed by atoms with Gasteiger partial charge in [0, 0.05) is 6.42 Å². The maximum atomic E-state index is 12.8. The van der Waals surface area contributed by atoms with Gasteiger partial charge in [0.15, 0.2) is 6.61 Å². The molecule has 148 valence electrons. The van der Waals surface area contributed by atoms with E-state index in [4.69, 9.17) is 13.9 Å². The molecule has 1 unspecified atom stereocenters. The number of methoxy groups -OCH3 is 1. The van der Waals surface area contributed by atoms with Crippen LogP contribution in [0, 0.1) is 0 Å². The topological polar surface area (TPSA) is 81.3 Å². The highest BCUT2D eigenvalue weighted by Gasteiger charge is 2.35. The van der Waals surface area contributed by atoms with Crippen LogP contribution in [0.15, 0.2) is 69.7 Å². The van der Waals surface area contributed by atoms with Crippen LogP contribution in [0.1, 0.15) is 33.5 Å². The summed E-state index contributed by atoms with van der Waals surface area (Å²) in [5, 5.41) is 7.78. The van der Waals surface area contributed by atoms with E-state index in [1.807, 2.05) is 17.5 Å². The fourth-order valence-corrected chi connectivity index (χ4v) is 3.84. The zero-order valence-electron chi connectivity index (χ0n) is 15.6. The molecular weight excluding hydrogens is 392 g/mol. The Kier molecular flexibility index (Phi) is 5.44. The van der Waals surface area contributed by atoms with Crippen molar-refractivity contribution in [3.8, 4) is 5.75 Å². The number of para-hydroxylation sites is 1. The van der Waals surface area contributed by atoms with Crippen LogP contribution >= 0.6 is 11.3 Å². The molecule has 0 bridgehead atoms. The van der Waals surface area contributed by atoms with Crippen molar-refractivity contribution in [2.45, 2.75) is 12.5 Å².